The Labute approximate surface area is 193 Å². The van der Waals surface area contributed by atoms with Crippen molar-refractivity contribution in [3.63, 3.8) is 0 Å². The van der Waals surface area contributed by atoms with Gasteiger partial charge in [0.05, 0.1) is 13.2 Å². The fourth-order valence-corrected chi connectivity index (χ4v) is 5.78. The number of nitrogens with zero attached hydrogens (tertiary/aromatic N) is 2. The molecule has 0 spiro atoms. The third-order valence-corrected chi connectivity index (χ3v) is 7.25. The molecule has 3 aromatic rings. The summed E-state index contributed by atoms with van der Waals surface area (Å²) in [4.78, 5) is 19.5. The number of fused-ring (bicyclic) bond motifs is 5. The number of pyridine rings is 1. The predicted molar refractivity (Wildman–Crippen MR) is 127 cm³/mol. The Bertz CT molecular complexity index is 1210. The Hall–Kier alpha value is -3.60. The van der Waals surface area contributed by atoms with Crippen LogP contribution in [-0.2, 0) is 4.74 Å². The molecular weight excluding hydrogens is 412 g/mol. The molecule has 3 aliphatic rings. The molecule has 166 valence electrons. The predicted octanol–water partition coefficient (Wildman–Crippen LogP) is 5.66. The van der Waals surface area contributed by atoms with Gasteiger partial charge in [-0.15, -0.1) is 0 Å². The second kappa shape index (κ2) is 8.07. The van der Waals surface area contributed by atoms with Gasteiger partial charge < -0.3 is 9.47 Å². The van der Waals surface area contributed by atoms with Gasteiger partial charge in [-0.3, -0.25) is 4.90 Å². The molecule has 33 heavy (non-hydrogen) atoms. The summed E-state index contributed by atoms with van der Waals surface area (Å²) >= 11 is 0. The van der Waals surface area contributed by atoms with Crippen molar-refractivity contribution in [1.82, 2.24) is 9.88 Å². The van der Waals surface area contributed by atoms with Crippen molar-refractivity contribution in [1.29, 1.82) is 0 Å². The minimum absolute atomic E-state index is 0.0549. The zero-order valence-corrected chi connectivity index (χ0v) is 18.6. The van der Waals surface area contributed by atoms with Gasteiger partial charge in [0.25, 0.3) is 0 Å². The molecule has 1 fully saturated rings. The highest BCUT2D eigenvalue weighted by Gasteiger charge is 2.41. The Kier molecular flexibility index (Phi) is 4.90. The average molecular weight is 439 g/mol. The smallest absolute Gasteiger partial charge is 0.410 e. The van der Waals surface area contributed by atoms with E-state index < -0.39 is 0 Å². The van der Waals surface area contributed by atoms with Crippen LogP contribution in [0.5, 0.6) is 5.88 Å². The molecule has 2 bridgehead atoms. The number of ether oxygens (including phenoxy) is 2. The summed E-state index contributed by atoms with van der Waals surface area (Å²) in [5.41, 5.74) is 7.17. The highest BCUT2D eigenvalue weighted by atomic mass is 16.6. The van der Waals surface area contributed by atoms with Gasteiger partial charge in [-0.1, -0.05) is 54.6 Å². The Morgan fingerprint density at radius 2 is 1.67 bits per heavy atom. The lowest BCUT2D eigenvalue weighted by atomic mass is 9.95. The van der Waals surface area contributed by atoms with E-state index in [9.17, 15) is 4.79 Å². The van der Waals surface area contributed by atoms with E-state index >= 15 is 0 Å². The second-order valence-electron chi connectivity index (χ2n) is 8.97. The van der Waals surface area contributed by atoms with E-state index in [0.29, 0.717) is 12.5 Å². The minimum Gasteiger partial charge on any atom is -0.481 e. The number of amides is 1. The number of carbonyl (C=O) groups excluding carboxylic acids is 1. The molecule has 3 heterocycles. The van der Waals surface area contributed by atoms with Gasteiger partial charge in [0, 0.05) is 23.7 Å². The topological polar surface area (TPSA) is 51.7 Å². The average Bonchev–Trinajstić information content (AvgIpc) is 3.33. The first-order valence-electron chi connectivity index (χ1n) is 11.6. The summed E-state index contributed by atoms with van der Waals surface area (Å²) in [6.07, 6.45) is 6.47. The van der Waals surface area contributed by atoms with Gasteiger partial charge in [-0.05, 0) is 59.2 Å². The molecule has 1 saturated heterocycles. The van der Waals surface area contributed by atoms with E-state index in [0.717, 1.165) is 24.8 Å². The van der Waals surface area contributed by atoms with E-state index in [1.54, 1.807) is 13.3 Å². The van der Waals surface area contributed by atoms with Crippen molar-refractivity contribution in [2.75, 3.05) is 13.7 Å². The largest absolute Gasteiger partial charge is 0.481 e. The molecule has 5 nitrogen and oxygen atoms in total. The van der Waals surface area contributed by atoms with Crippen molar-refractivity contribution in [3.05, 3.63) is 89.6 Å². The first-order valence-corrected chi connectivity index (χ1v) is 11.6. The van der Waals surface area contributed by atoms with Gasteiger partial charge in [-0.2, -0.15) is 0 Å². The molecule has 2 unspecified atom stereocenters. The van der Waals surface area contributed by atoms with Crippen LogP contribution >= 0.6 is 0 Å². The maximum atomic E-state index is 13.2. The van der Waals surface area contributed by atoms with Gasteiger partial charge in [0.1, 0.15) is 6.61 Å². The number of carbonyl (C=O) groups is 1. The molecule has 0 N–H and O–H groups in total. The molecule has 1 aromatic heterocycles. The summed E-state index contributed by atoms with van der Waals surface area (Å²) in [5, 5.41) is 0. The first-order chi connectivity index (χ1) is 16.2. The lowest BCUT2D eigenvalue weighted by Crippen LogP contribution is -2.43. The molecule has 1 amide bonds. The molecule has 2 atom stereocenters. The van der Waals surface area contributed by atoms with Crippen molar-refractivity contribution in [2.24, 2.45) is 0 Å². The van der Waals surface area contributed by atoms with Crippen LogP contribution in [0.4, 0.5) is 4.79 Å². The highest BCUT2D eigenvalue weighted by Crippen LogP contribution is 2.45. The maximum absolute atomic E-state index is 13.2. The fourth-order valence-electron chi connectivity index (χ4n) is 5.78. The minimum atomic E-state index is -0.210. The van der Waals surface area contributed by atoms with Crippen LogP contribution in [0.3, 0.4) is 0 Å². The van der Waals surface area contributed by atoms with Crippen LogP contribution in [0.15, 0.2) is 72.9 Å². The van der Waals surface area contributed by atoms with Crippen LogP contribution < -0.4 is 4.74 Å². The van der Waals surface area contributed by atoms with Crippen LogP contribution in [0, 0.1) is 0 Å². The maximum Gasteiger partial charge on any atom is 0.410 e. The van der Waals surface area contributed by atoms with Gasteiger partial charge >= 0.3 is 6.09 Å². The van der Waals surface area contributed by atoms with Gasteiger partial charge in [-0.25, -0.2) is 9.78 Å². The summed E-state index contributed by atoms with van der Waals surface area (Å²) in [6, 6.07) is 21.0. The van der Waals surface area contributed by atoms with E-state index in [1.807, 2.05) is 17.0 Å². The second-order valence-corrected chi connectivity index (χ2v) is 8.97. The number of aromatic nitrogens is 1. The van der Waals surface area contributed by atoms with E-state index in [4.69, 9.17) is 9.47 Å². The van der Waals surface area contributed by atoms with E-state index in [-0.39, 0.29) is 24.1 Å². The number of hydrogen-bond acceptors (Lipinski definition) is 4. The Morgan fingerprint density at radius 1 is 0.970 bits per heavy atom. The zero-order chi connectivity index (χ0) is 22.4. The zero-order valence-electron chi connectivity index (χ0n) is 18.6. The SMILES string of the molecule is COc1ncccc1C1=CC2CCC(C1)N2C(=O)OCC1c2ccccc2-c2ccccc21. The fraction of sp³-hybridized carbons (Fsp3) is 0.286. The number of rotatable bonds is 4. The quantitative estimate of drug-likeness (QED) is 0.527. The molecule has 6 rings (SSSR count). The van der Waals surface area contributed by atoms with Crippen LogP contribution in [0.1, 0.15) is 41.9 Å². The number of hydrogen-bond donors (Lipinski definition) is 0. The number of methoxy groups -OCH3 is 1. The van der Waals surface area contributed by atoms with E-state index in [1.165, 1.54) is 27.8 Å². The molecule has 5 heteroatoms. The van der Waals surface area contributed by atoms with Crippen molar-refractivity contribution in [3.8, 4) is 17.0 Å². The molecule has 1 aliphatic carbocycles. The van der Waals surface area contributed by atoms with Crippen LogP contribution in [-0.4, -0.2) is 41.8 Å². The molecular formula is C28H26N2O3. The lowest BCUT2D eigenvalue weighted by Gasteiger charge is -2.33. The molecule has 2 aliphatic heterocycles. The van der Waals surface area contributed by atoms with E-state index in [2.05, 4.69) is 59.6 Å². The van der Waals surface area contributed by atoms with Crippen molar-refractivity contribution >= 4 is 11.7 Å². The first kappa shape index (κ1) is 20.0. The Balaban J connectivity index is 1.21. The summed E-state index contributed by atoms with van der Waals surface area (Å²) in [5.74, 6) is 0.715. The third kappa shape index (κ3) is 3.30. The summed E-state index contributed by atoms with van der Waals surface area (Å²) in [6.45, 7) is 0.357. The van der Waals surface area contributed by atoms with Crippen LogP contribution in [0.2, 0.25) is 0 Å². The summed E-state index contributed by atoms with van der Waals surface area (Å²) < 4.78 is 11.4. The van der Waals surface area contributed by atoms with Crippen LogP contribution in [0.25, 0.3) is 16.7 Å². The normalized spacial score (nSPS) is 20.8. The molecule has 0 radical (unpaired) electrons. The highest BCUT2D eigenvalue weighted by molar-refractivity contribution is 5.79. The molecule has 0 saturated carbocycles. The third-order valence-electron chi connectivity index (χ3n) is 7.25. The number of benzene rings is 2. The van der Waals surface area contributed by atoms with Crippen molar-refractivity contribution in [2.45, 2.75) is 37.3 Å². The monoisotopic (exact) mass is 438 g/mol. The standard InChI is InChI=1S/C28H26N2O3/c1-32-27-21(11-6-14-29-27)18-15-19-12-13-20(16-18)30(19)28(31)33-17-26-24-9-4-2-7-22(24)23-8-3-5-10-25(23)26/h2-11,14-15,19-20,26H,12-13,16-17H2,1H3. The molecule has 2 aromatic carbocycles. The van der Waals surface area contributed by atoms with Gasteiger partial charge in [0.2, 0.25) is 5.88 Å². The Morgan fingerprint density at radius 3 is 2.36 bits per heavy atom. The van der Waals surface area contributed by atoms with Gasteiger partial charge in [0.15, 0.2) is 0 Å². The summed E-state index contributed by atoms with van der Waals surface area (Å²) in [7, 11) is 1.65. The van der Waals surface area contributed by atoms with Crippen molar-refractivity contribution < 1.29 is 14.3 Å². The lowest BCUT2D eigenvalue weighted by molar-refractivity contribution is 0.0866.